The lowest BCUT2D eigenvalue weighted by Gasteiger charge is -2.15. The molecule has 0 aromatic heterocycles. The molecule has 0 bridgehead atoms. The Labute approximate surface area is 150 Å². The zero-order valence-electron chi connectivity index (χ0n) is 14.5. The third-order valence-electron chi connectivity index (χ3n) is 3.65. The van der Waals surface area contributed by atoms with Gasteiger partial charge < -0.3 is 15.4 Å². The Morgan fingerprint density at radius 1 is 1.12 bits per heavy atom. The third-order valence-corrected chi connectivity index (χ3v) is 3.65. The van der Waals surface area contributed by atoms with Crippen LogP contribution in [-0.4, -0.2) is 25.0 Å². The minimum atomic E-state index is -0.981. The summed E-state index contributed by atoms with van der Waals surface area (Å²) in [6.07, 6.45) is 0. The molecule has 2 aromatic rings. The lowest BCUT2D eigenvalue weighted by atomic mass is 10.1. The minimum Gasteiger partial charge on any atom is -0.494 e. The summed E-state index contributed by atoms with van der Waals surface area (Å²) in [5.74, 6) is -2.23. The van der Waals surface area contributed by atoms with Gasteiger partial charge in [-0.25, -0.2) is 8.78 Å². The summed E-state index contributed by atoms with van der Waals surface area (Å²) in [5, 5.41) is 5.04. The van der Waals surface area contributed by atoms with Gasteiger partial charge in [0.05, 0.1) is 24.8 Å². The van der Waals surface area contributed by atoms with Crippen LogP contribution in [0, 0.1) is 11.6 Å². The molecular formula is C19H20F2N2O3. The molecule has 0 spiro atoms. The first-order valence-corrected chi connectivity index (χ1v) is 8.16. The highest BCUT2D eigenvalue weighted by Crippen LogP contribution is 2.17. The van der Waals surface area contributed by atoms with E-state index in [9.17, 15) is 18.4 Å². The largest absolute Gasteiger partial charge is 0.494 e. The molecule has 0 saturated carbocycles. The second-order valence-corrected chi connectivity index (χ2v) is 5.60. The zero-order valence-corrected chi connectivity index (χ0v) is 14.5. The van der Waals surface area contributed by atoms with Gasteiger partial charge in [-0.15, -0.1) is 0 Å². The fourth-order valence-corrected chi connectivity index (χ4v) is 2.32. The second-order valence-electron chi connectivity index (χ2n) is 5.60. The van der Waals surface area contributed by atoms with Crippen molar-refractivity contribution in [3.8, 4) is 5.75 Å². The number of benzene rings is 2. The first kappa shape index (κ1) is 19.4. The molecule has 26 heavy (non-hydrogen) atoms. The van der Waals surface area contributed by atoms with Crippen molar-refractivity contribution in [2.75, 3.05) is 13.2 Å². The standard InChI is InChI=1S/C19H20F2N2O3/c1-3-26-15-7-4-13(5-8-15)12(2)23-18(24)11-22-19(25)16-9-6-14(20)10-17(16)21/h4-10,12H,3,11H2,1-2H3,(H,22,25)(H,23,24). The topological polar surface area (TPSA) is 67.4 Å². The molecule has 2 N–H and O–H groups in total. The fourth-order valence-electron chi connectivity index (χ4n) is 2.32. The van der Waals surface area contributed by atoms with E-state index in [0.717, 1.165) is 23.4 Å². The third kappa shape index (κ3) is 5.27. The lowest BCUT2D eigenvalue weighted by Crippen LogP contribution is -2.38. The maximum absolute atomic E-state index is 13.5. The Bertz CT molecular complexity index is 779. The summed E-state index contributed by atoms with van der Waals surface area (Å²) in [5.41, 5.74) is 0.552. The molecular weight excluding hydrogens is 342 g/mol. The van der Waals surface area contributed by atoms with E-state index >= 15 is 0 Å². The van der Waals surface area contributed by atoms with Gasteiger partial charge >= 0.3 is 0 Å². The molecule has 0 aliphatic rings. The van der Waals surface area contributed by atoms with Gasteiger partial charge in [0.2, 0.25) is 5.91 Å². The van der Waals surface area contributed by atoms with Crippen molar-refractivity contribution in [3.63, 3.8) is 0 Å². The maximum atomic E-state index is 13.5. The highest BCUT2D eigenvalue weighted by Gasteiger charge is 2.15. The number of carbonyl (C=O) groups is 2. The molecule has 0 fully saturated rings. The summed E-state index contributed by atoms with van der Waals surface area (Å²) in [6, 6.07) is 9.62. The van der Waals surface area contributed by atoms with Gasteiger partial charge in [0.1, 0.15) is 17.4 Å². The van der Waals surface area contributed by atoms with E-state index in [0.29, 0.717) is 12.7 Å². The minimum absolute atomic E-state index is 0.280. The molecule has 0 aliphatic heterocycles. The van der Waals surface area contributed by atoms with Gasteiger partial charge in [-0.3, -0.25) is 9.59 Å². The van der Waals surface area contributed by atoms with Crippen molar-refractivity contribution in [1.29, 1.82) is 0 Å². The highest BCUT2D eigenvalue weighted by atomic mass is 19.1. The monoisotopic (exact) mass is 362 g/mol. The Kier molecular flexibility index (Phi) is 6.66. The molecule has 7 heteroatoms. The number of carbonyl (C=O) groups excluding carboxylic acids is 2. The van der Waals surface area contributed by atoms with E-state index in [4.69, 9.17) is 4.74 Å². The Morgan fingerprint density at radius 3 is 2.42 bits per heavy atom. The molecule has 2 rings (SSSR count). The van der Waals surface area contributed by atoms with Crippen LogP contribution in [0.3, 0.4) is 0 Å². The number of hydrogen-bond acceptors (Lipinski definition) is 3. The molecule has 2 aromatic carbocycles. The highest BCUT2D eigenvalue weighted by molar-refractivity contribution is 5.96. The van der Waals surface area contributed by atoms with Crippen molar-refractivity contribution >= 4 is 11.8 Å². The normalized spacial score (nSPS) is 11.5. The lowest BCUT2D eigenvalue weighted by molar-refractivity contribution is -0.120. The smallest absolute Gasteiger partial charge is 0.254 e. The molecule has 0 aliphatic carbocycles. The van der Waals surface area contributed by atoms with Gasteiger partial charge in [-0.1, -0.05) is 12.1 Å². The van der Waals surface area contributed by atoms with Gasteiger partial charge in [-0.2, -0.15) is 0 Å². The van der Waals surface area contributed by atoms with Crippen LogP contribution in [0.5, 0.6) is 5.75 Å². The molecule has 5 nitrogen and oxygen atoms in total. The number of rotatable bonds is 7. The van der Waals surface area contributed by atoms with Crippen molar-refractivity contribution in [1.82, 2.24) is 10.6 Å². The predicted octanol–water partition coefficient (Wildman–Crippen LogP) is 2.97. The van der Waals surface area contributed by atoms with Crippen molar-refractivity contribution in [2.45, 2.75) is 19.9 Å². The number of nitrogens with one attached hydrogen (secondary N) is 2. The number of ether oxygens (including phenoxy) is 1. The van der Waals surface area contributed by atoms with E-state index in [2.05, 4.69) is 10.6 Å². The number of halogens is 2. The molecule has 0 heterocycles. The SMILES string of the molecule is CCOc1ccc(C(C)NC(=O)CNC(=O)c2ccc(F)cc2F)cc1. The summed E-state index contributed by atoms with van der Waals surface area (Å²) in [4.78, 5) is 23.8. The van der Waals surface area contributed by atoms with E-state index in [1.807, 2.05) is 19.1 Å². The summed E-state index contributed by atoms with van der Waals surface area (Å²) in [6.45, 7) is 3.94. The Balaban J connectivity index is 1.86. The average molecular weight is 362 g/mol. The van der Waals surface area contributed by atoms with Crippen molar-refractivity contribution in [2.24, 2.45) is 0 Å². The second kappa shape index (κ2) is 8.94. The maximum Gasteiger partial charge on any atom is 0.254 e. The predicted molar refractivity (Wildman–Crippen MR) is 92.9 cm³/mol. The van der Waals surface area contributed by atoms with Crippen LogP contribution in [0.2, 0.25) is 0 Å². The molecule has 1 unspecified atom stereocenters. The van der Waals surface area contributed by atoms with E-state index in [1.165, 1.54) is 0 Å². The summed E-state index contributed by atoms with van der Waals surface area (Å²) < 4.78 is 31.7. The van der Waals surface area contributed by atoms with Crippen LogP contribution in [0.15, 0.2) is 42.5 Å². The number of amides is 2. The first-order valence-electron chi connectivity index (χ1n) is 8.16. The zero-order chi connectivity index (χ0) is 19.1. The molecule has 138 valence electrons. The van der Waals surface area contributed by atoms with E-state index < -0.39 is 23.4 Å². The first-order chi connectivity index (χ1) is 12.4. The Morgan fingerprint density at radius 2 is 1.81 bits per heavy atom. The molecule has 0 saturated heterocycles. The van der Waals surface area contributed by atoms with Crippen LogP contribution >= 0.6 is 0 Å². The van der Waals surface area contributed by atoms with Gasteiger partial charge in [-0.05, 0) is 43.7 Å². The molecule has 1 atom stereocenters. The van der Waals surface area contributed by atoms with Gasteiger partial charge in [0.15, 0.2) is 0 Å². The average Bonchev–Trinajstić information content (AvgIpc) is 2.60. The summed E-state index contributed by atoms with van der Waals surface area (Å²) in [7, 11) is 0. The summed E-state index contributed by atoms with van der Waals surface area (Å²) >= 11 is 0. The fraction of sp³-hybridized carbons (Fsp3) is 0.263. The molecule has 0 radical (unpaired) electrons. The van der Waals surface area contributed by atoms with Crippen LogP contribution in [0.25, 0.3) is 0 Å². The van der Waals surface area contributed by atoms with Gasteiger partial charge in [0.25, 0.3) is 5.91 Å². The van der Waals surface area contributed by atoms with E-state index in [1.54, 1.807) is 19.1 Å². The number of hydrogen-bond donors (Lipinski definition) is 2. The van der Waals surface area contributed by atoms with Crippen molar-refractivity contribution < 1.29 is 23.1 Å². The van der Waals surface area contributed by atoms with Gasteiger partial charge in [0, 0.05) is 6.07 Å². The van der Waals surface area contributed by atoms with Crippen LogP contribution < -0.4 is 15.4 Å². The van der Waals surface area contributed by atoms with Crippen LogP contribution in [-0.2, 0) is 4.79 Å². The Hall–Kier alpha value is -2.96. The van der Waals surface area contributed by atoms with Crippen LogP contribution in [0.4, 0.5) is 8.78 Å². The molecule has 2 amide bonds. The van der Waals surface area contributed by atoms with Crippen LogP contribution in [0.1, 0.15) is 35.8 Å². The van der Waals surface area contributed by atoms with E-state index in [-0.39, 0.29) is 18.2 Å². The quantitative estimate of drug-likeness (QED) is 0.796. The van der Waals surface area contributed by atoms with Crippen molar-refractivity contribution in [3.05, 3.63) is 65.2 Å².